The molecule has 36 heavy (non-hydrogen) atoms. The maximum atomic E-state index is 12.2. The number of aliphatic hydroxyl groups is 1. The van der Waals surface area contributed by atoms with Gasteiger partial charge in [0.15, 0.2) is 5.78 Å². The Morgan fingerprint density at radius 1 is 0.500 bits per heavy atom. The first-order valence-electron chi connectivity index (χ1n) is 11.3. The number of carbonyl (C=O) groups excluding carboxylic acids is 1. The van der Waals surface area contributed by atoms with Gasteiger partial charge < -0.3 is 24.1 Å². The molecule has 0 heterocycles. The zero-order valence-electron chi connectivity index (χ0n) is 20.8. The van der Waals surface area contributed by atoms with Gasteiger partial charge in [0.05, 0.1) is 28.4 Å². The SMILES string of the molecule is COc1ccc(C(=O)c2ccc(OC)cc2)cc1.COc1ccc(C(O)c2ccc(OC)cc2)cc1. The molecule has 0 atom stereocenters. The van der Waals surface area contributed by atoms with Crippen LogP contribution in [0.15, 0.2) is 97.1 Å². The van der Waals surface area contributed by atoms with Crippen molar-refractivity contribution in [3.05, 3.63) is 119 Å². The average molecular weight is 487 g/mol. The van der Waals surface area contributed by atoms with Gasteiger partial charge in [-0.25, -0.2) is 0 Å². The molecule has 6 heteroatoms. The van der Waals surface area contributed by atoms with E-state index >= 15 is 0 Å². The summed E-state index contributed by atoms with van der Waals surface area (Å²) in [5, 5.41) is 10.2. The third-order valence-corrected chi connectivity index (χ3v) is 5.57. The highest BCUT2D eigenvalue weighted by Gasteiger charge is 2.11. The number of hydrogen-bond acceptors (Lipinski definition) is 6. The van der Waals surface area contributed by atoms with Gasteiger partial charge in [0.25, 0.3) is 0 Å². The van der Waals surface area contributed by atoms with Crippen LogP contribution in [0.1, 0.15) is 33.2 Å². The summed E-state index contributed by atoms with van der Waals surface area (Å²) in [7, 11) is 6.43. The lowest BCUT2D eigenvalue weighted by atomic mass is 10.0. The third kappa shape index (κ3) is 6.87. The van der Waals surface area contributed by atoms with Crippen LogP contribution in [0, 0.1) is 0 Å². The molecular formula is C30H30O6. The van der Waals surface area contributed by atoms with Crippen LogP contribution in [0.3, 0.4) is 0 Å². The van der Waals surface area contributed by atoms with Gasteiger partial charge in [0.2, 0.25) is 0 Å². The zero-order chi connectivity index (χ0) is 25.9. The Morgan fingerprint density at radius 2 is 0.750 bits per heavy atom. The van der Waals surface area contributed by atoms with Gasteiger partial charge in [-0.05, 0) is 83.9 Å². The van der Waals surface area contributed by atoms with E-state index in [9.17, 15) is 9.90 Å². The molecular weight excluding hydrogens is 456 g/mol. The summed E-state index contributed by atoms with van der Waals surface area (Å²) in [5.74, 6) is 3.02. The second-order valence-corrected chi connectivity index (χ2v) is 7.73. The number of ketones is 1. The topological polar surface area (TPSA) is 74.2 Å². The van der Waals surface area contributed by atoms with Crippen LogP contribution in [0.25, 0.3) is 0 Å². The monoisotopic (exact) mass is 486 g/mol. The molecule has 0 aliphatic carbocycles. The number of carbonyl (C=O) groups is 1. The number of aliphatic hydroxyl groups excluding tert-OH is 1. The fourth-order valence-corrected chi connectivity index (χ4v) is 3.42. The maximum Gasteiger partial charge on any atom is 0.193 e. The highest BCUT2D eigenvalue weighted by molar-refractivity contribution is 6.09. The highest BCUT2D eigenvalue weighted by atomic mass is 16.5. The van der Waals surface area contributed by atoms with E-state index in [4.69, 9.17) is 18.9 Å². The molecule has 0 amide bonds. The molecule has 186 valence electrons. The second-order valence-electron chi connectivity index (χ2n) is 7.73. The average Bonchev–Trinajstić information content (AvgIpc) is 2.97. The van der Waals surface area contributed by atoms with Gasteiger partial charge in [-0.3, -0.25) is 4.79 Å². The summed E-state index contributed by atoms with van der Waals surface area (Å²) in [6, 6.07) is 28.9. The van der Waals surface area contributed by atoms with Crippen molar-refractivity contribution < 1.29 is 28.8 Å². The molecule has 4 aromatic rings. The summed E-state index contributed by atoms with van der Waals surface area (Å²) in [4.78, 5) is 12.2. The lowest BCUT2D eigenvalue weighted by Crippen LogP contribution is -2.01. The Labute approximate surface area is 211 Å². The van der Waals surface area contributed by atoms with Crippen molar-refractivity contribution in [2.45, 2.75) is 6.10 Å². The molecule has 0 aliphatic rings. The molecule has 4 rings (SSSR count). The minimum atomic E-state index is -0.637. The van der Waals surface area contributed by atoms with Crippen molar-refractivity contribution in [1.29, 1.82) is 0 Å². The molecule has 6 nitrogen and oxygen atoms in total. The largest absolute Gasteiger partial charge is 0.497 e. The van der Waals surface area contributed by atoms with Gasteiger partial charge in [-0.15, -0.1) is 0 Å². The molecule has 0 spiro atoms. The lowest BCUT2D eigenvalue weighted by Gasteiger charge is -2.12. The summed E-state index contributed by atoms with van der Waals surface area (Å²) in [5.41, 5.74) is 2.95. The summed E-state index contributed by atoms with van der Waals surface area (Å²) < 4.78 is 20.3. The maximum absolute atomic E-state index is 12.2. The van der Waals surface area contributed by atoms with Crippen LogP contribution in [0.5, 0.6) is 23.0 Å². The molecule has 4 aromatic carbocycles. The Morgan fingerprint density at radius 3 is 1.00 bits per heavy atom. The molecule has 0 saturated carbocycles. The van der Waals surface area contributed by atoms with E-state index in [0.29, 0.717) is 11.1 Å². The van der Waals surface area contributed by atoms with Crippen molar-refractivity contribution in [2.75, 3.05) is 28.4 Å². The standard InChI is InChI=1S/C15H16O3.C15H14O3/c2*1-17-13-7-3-11(4-8-13)15(16)12-5-9-14(18-2)10-6-12/h3-10,15-16H,1-2H3;3-10H,1-2H3. The summed E-state index contributed by atoms with van der Waals surface area (Å²) in [6.07, 6.45) is -0.637. The molecule has 0 fully saturated rings. The Hall–Kier alpha value is -4.29. The first-order valence-corrected chi connectivity index (χ1v) is 11.3. The molecule has 0 aromatic heterocycles. The van der Waals surface area contributed by atoms with Crippen molar-refractivity contribution in [2.24, 2.45) is 0 Å². The molecule has 0 bridgehead atoms. The number of hydrogen-bond donors (Lipinski definition) is 1. The van der Waals surface area contributed by atoms with Gasteiger partial charge in [0.1, 0.15) is 29.1 Å². The Balaban J connectivity index is 0.000000201. The zero-order valence-corrected chi connectivity index (χ0v) is 20.8. The Kier molecular flexibility index (Phi) is 9.48. The fourth-order valence-electron chi connectivity index (χ4n) is 3.42. The highest BCUT2D eigenvalue weighted by Crippen LogP contribution is 2.25. The quantitative estimate of drug-likeness (QED) is 0.321. The smallest absolute Gasteiger partial charge is 0.193 e. The predicted molar refractivity (Wildman–Crippen MR) is 139 cm³/mol. The minimum absolute atomic E-state index is 0.0136. The summed E-state index contributed by atoms with van der Waals surface area (Å²) in [6.45, 7) is 0. The van der Waals surface area contributed by atoms with Crippen molar-refractivity contribution in [1.82, 2.24) is 0 Å². The fraction of sp³-hybridized carbons (Fsp3) is 0.167. The van der Waals surface area contributed by atoms with E-state index in [1.165, 1.54) is 0 Å². The summed E-state index contributed by atoms with van der Waals surface area (Å²) >= 11 is 0. The predicted octanol–water partition coefficient (Wildman–Crippen LogP) is 5.72. The van der Waals surface area contributed by atoms with E-state index in [0.717, 1.165) is 34.1 Å². The first kappa shape index (κ1) is 26.3. The molecule has 0 aliphatic heterocycles. The van der Waals surface area contributed by atoms with Crippen LogP contribution < -0.4 is 18.9 Å². The lowest BCUT2D eigenvalue weighted by molar-refractivity contribution is 0.103. The van der Waals surface area contributed by atoms with E-state index in [1.54, 1.807) is 77.0 Å². The van der Waals surface area contributed by atoms with Gasteiger partial charge >= 0.3 is 0 Å². The van der Waals surface area contributed by atoms with Crippen LogP contribution in [0.4, 0.5) is 0 Å². The minimum Gasteiger partial charge on any atom is -0.497 e. The molecule has 0 saturated heterocycles. The normalized spacial score (nSPS) is 10.2. The number of benzene rings is 4. The molecule has 1 N–H and O–H groups in total. The van der Waals surface area contributed by atoms with E-state index < -0.39 is 6.10 Å². The first-order chi connectivity index (χ1) is 17.5. The van der Waals surface area contributed by atoms with Crippen LogP contribution in [-0.2, 0) is 0 Å². The van der Waals surface area contributed by atoms with Crippen molar-refractivity contribution in [3.8, 4) is 23.0 Å². The number of ether oxygens (including phenoxy) is 4. The third-order valence-electron chi connectivity index (χ3n) is 5.57. The van der Waals surface area contributed by atoms with Crippen LogP contribution >= 0.6 is 0 Å². The van der Waals surface area contributed by atoms with Crippen molar-refractivity contribution in [3.63, 3.8) is 0 Å². The van der Waals surface area contributed by atoms with E-state index in [1.807, 2.05) is 48.5 Å². The second kappa shape index (κ2) is 13.0. The van der Waals surface area contributed by atoms with Crippen LogP contribution in [0.2, 0.25) is 0 Å². The van der Waals surface area contributed by atoms with Gasteiger partial charge in [-0.1, -0.05) is 24.3 Å². The van der Waals surface area contributed by atoms with Gasteiger partial charge in [0, 0.05) is 11.1 Å². The van der Waals surface area contributed by atoms with Gasteiger partial charge in [-0.2, -0.15) is 0 Å². The van der Waals surface area contributed by atoms with Crippen molar-refractivity contribution >= 4 is 5.78 Å². The molecule has 0 radical (unpaired) electrons. The number of rotatable bonds is 8. The van der Waals surface area contributed by atoms with E-state index in [2.05, 4.69) is 0 Å². The van der Waals surface area contributed by atoms with E-state index in [-0.39, 0.29) is 5.78 Å². The number of methoxy groups -OCH3 is 4. The molecule has 0 unspecified atom stereocenters. The Bertz CT molecular complexity index is 1120. The van der Waals surface area contributed by atoms with Crippen LogP contribution in [-0.4, -0.2) is 39.3 Å².